The molecule has 0 saturated carbocycles. The van der Waals surface area contributed by atoms with Crippen molar-refractivity contribution in [3.05, 3.63) is 71.8 Å². The summed E-state index contributed by atoms with van der Waals surface area (Å²) in [6, 6.07) is 12.0. The predicted molar refractivity (Wildman–Crippen MR) is 107 cm³/mol. The first-order chi connectivity index (χ1) is 13.8. The van der Waals surface area contributed by atoms with Crippen LogP contribution in [-0.2, 0) is 13.0 Å². The number of piperazine rings is 1. The molecule has 0 aliphatic carbocycles. The van der Waals surface area contributed by atoms with Gasteiger partial charge < -0.3 is 9.80 Å². The van der Waals surface area contributed by atoms with E-state index in [2.05, 4.69) is 39.0 Å². The Morgan fingerprint density at radius 1 is 1.00 bits per heavy atom. The van der Waals surface area contributed by atoms with Crippen molar-refractivity contribution in [2.75, 3.05) is 31.1 Å². The van der Waals surface area contributed by atoms with Crippen LogP contribution >= 0.6 is 0 Å². The number of aromatic nitrogens is 4. The Hall–Kier alpha value is -3.22. The Morgan fingerprint density at radius 3 is 2.39 bits per heavy atom. The minimum absolute atomic E-state index is 0.0600. The molecule has 1 amide bonds. The highest BCUT2D eigenvalue weighted by Crippen LogP contribution is 2.17. The average Bonchev–Trinajstić information content (AvgIpc) is 3.17. The second-order valence-corrected chi connectivity index (χ2v) is 6.83. The van der Waals surface area contributed by atoms with Gasteiger partial charge in [0.2, 0.25) is 5.95 Å². The lowest BCUT2D eigenvalue weighted by Gasteiger charge is -2.34. The van der Waals surface area contributed by atoms with E-state index in [1.165, 1.54) is 5.56 Å². The number of hydrogen-bond donors (Lipinski definition) is 0. The molecule has 2 aromatic heterocycles. The molecule has 7 nitrogen and oxygen atoms in total. The van der Waals surface area contributed by atoms with Crippen molar-refractivity contribution in [1.82, 2.24) is 24.6 Å². The summed E-state index contributed by atoms with van der Waals surface area (Å²) in [6.45, 7) is 5.52. The second-order valence-electron chi connectivity index (χ2n) is 6.83. The molecule has 3 heterocycles. The molecular formula is C21H24N6O. The third kappa shape index (κ3) is 3.74. The fraction of sp³-hybridized carbons (Fsp3) is 0.333. The topological polar surface area (TPSA) is 67.2 Å². The van der Waals surface area contributed by atoms with Gasteiger partial charge >= 0.3 is 0 Å². The monoisotopic (exact) mass is 376 g/mol. The molecule has 0 atom stereocenters. The van der Waals surface area contributed by atoms with E-state index < -0.39 is 0 Å². The molecule has 0 radical (unpaired) electrons. The van der Waals surface area contributed by atoms with Gasteiger partial charge in [0, 0.05) is 38.6 Å². The van der Waals surface area contributed by atoms with Gasteiger partial charge in [-0.25, -0.2) is 9.97 Å². The number of carbonyl (C=O) groups excluding carboxylic acids is 1. The molecule has 7 heteroatoms. The third-order valence-electron chi connectivity index (χ3n) is 5.09. The maximum atomic E-state index is 13.1. The molecular weight excluding hydrogens is 352 g/mol. The molecule has 0 spiro atoms. The van der Waals surface area contributed by atoms with Crippen LogP contribution in [0.15, 0.2) is 55.0 Å². The minimum Gasteiger partial charge on any atom is -0.337 e. The minimum atomic E-state index is 0.0600. The first-order valence-electron chi connectivity index (χ1n) is 9.66. The Bertz CT molecular complexity index is 917. The van der Waals surface area contributed by atoms with Gasteiger partial charge in [-0.15, -0.1) is 0 Å². The first kappa shape index (κ1) is 18.2. The van der Waals surface area contributed by atoms with Gasteiger partial charge in [-0.3, -0.25) is 9.48 Å². The van der Waals surface area contributed by atoms with E-state index in [0.717, 1.165) is 31.2 Å². The summed E-state index contributed by atoms with van der Waals surface area (Å²) in [5.41, 5.74) is 2.88. The van der Waals surface area contributed by atoms with Crippen molar-refractivity contribution in [2.24, 2.45) is 0 Å². The average molecular weight is 376 g/mol. The van der Waals surface area contributed by atoms with Gasteiger partial charge in [-0.05, 0) is 18.1 Å². The zero-order valence-corrected chi connectivity index (χ0v) is 16.0. The van der Waals surface area contributed by atoms with Crippen LogP contribution < -0.4 is 4.90 Å². The highest BCUT2D eigenvalue weighted by atomic mass is 16.2. The lowest BCUT2D eigenvalue weighted by Crippen LogP contribution is -2.49. The highest BCUT2D eigenvalue weighted by Gasteiger charge is 2.26. The fourth-order valence-electron chi connectivity index (χ4n) is 3.59. The van der Waals surface area contributed by atoms with Crippen LogP contribution in [0.25, 0.3) is 0 Å². The maximum Gasteiger partial charge on any atom is 0.257 e. The second kappa shape index (κ2) is 8.21. The van der Waals surface area contributed by atoms with Crippen molar-refractivity contribution in [2.45, 2.75) is 19.9 Å². The standard InChI is InChI=1S/C21H24N6O/c1-2-19-18(15-24-27(19)16-17-7-4-3-5-8-17)20(28)25-11-13-26(14-12-25)21-22-9-6-10-23-21/h3-10,15H,2,11-14,16H2,1H3. The van der Waals surface area contributed by atoms with Crippen molar-refractivity contribution in [1.29, 1.82) is 0 Å². The SMILES string of the molecule is CCc1c(C(=O)N2CCN(c3ncccn3)CC2)cnn1Cc1ccccc1. The van der Waals surface area contributed by atoms with E-state index >= 15 is 0 Å². The smallest absolute Gasteiger partial charge is 0.257 e. The van der Waals surface area contributed by atoms with Gasteiger partial charge in [-0.2, -0.15) is 5.10 Å². The zero-order valence-electron chi connectivity index (χ0n) is 16.0. The summed E-state index contributed by atoms with van der Waals surface area (Å²) in [7, 11) is 0. The van der Waals surface area contributed by atoms with E-state index in [1.807, 2.05) is 33.8 Å². The first-order valence-corrected chi connectivity index (χ1v) is 9.66. The number of benzene rings is 1. The number of nitrogens with zero attached hydrogens (tertiary/aromatic N) is 6. The molecule has 1 saturated heterocycles. The lowest BCUT2D eigenvalue weighted by atomic mass is 10.1. The normalized spacial score (nSPS) is 14.3. The Morgan fingerprint density at radius 2 is 1.71 bits per heavy atom. The summed E-state index contributed by atoms with van der Waals surface area (Å²) >= 11 is 0. The molecule has 0 unspecified atom stereocenters. The van der Waals surface area contributed by atoms with Crippen molar-refractivity contribution in [3.8, 4) is 0 Å². The van der Waals surface area contributed by atoms with Crippen LogP contribution in [0.3, 0.4) is 0 Å². The van der Waals surface area contributed by atoms with E-state index in [9.17, 15) is 4.79 Å². The van der Waals surface area contributed by atoms with Gasteiger partial charge in [0.1, 0.15) is 0 Å². The van der Waals surface area contributed by atoms with Gasteiger partial charge in [-0.1, -0.05) is 37.3 Å². The molecule has 4 rings (SSSR count). The molecule has 1 aliphatic heterocycles. The predicted octanol–water partition coefficient (Wildman–Crippen LogP) is 2.25. The Kier molecular flexibility index (Phi) is 5.32. The summed E-state index contributed by atoms with van der Waals surface area (Å²) < 4.78 is 1.94. The van der Waals surface area contributed by atoms with E-state index in [0.29, 0.717) is 25.2 Å². The maximum absolute atomic E-state index is 13.1. The van der Waals surface area contributed by atoms with Crippen LogP contribution in [0.5, 0.6) is 0 Å². The number of amides is 1. The van der Waals surface area contributed by atoms with Crippen LogP contribution in [-0.4, -0.2) is 56.7 Å². The number of hydrogen-bond acceptors (Lipinski definition) is 5. The summed E-state index contributed by atoms with van der Waals surface area (Å²) in [5, 5.41) is 4.50. The molecule has 0 N–H and O–H groups in total. The van der Waals surface area contributed by atoms with Crippen molar-refractivity contribution in [3.63, 3.8) is 0 Å². The van der Waals surface area contributed by atoms with E-state index in [4.69, 9.17) is 0 Å². The van der Waals surface area contributed by atoms with Crippen molar-refractivity contribution >= 4 is 11.9 Å². The van der Waals surface area contributed by atoms with Gasteiger partial charge in [0.05, 0.1) is 24.0 Å². The van der Waals surface area contributed by atoms with Crippen LogP contribution in [0.4, 0.5) is 5.95 Å². The van der Waals surface area contributed by atoms with E-state index in [1.54, 1.807) is 18.6 Å². The van der Waals surface area contributed by atoms with Crippen LogP contribution in [0.2, 0.25) is 0 Å². The van der Waals surface area contributed by atoms with Gasteiger partial charge in [0.25, 0.3) is 5.91 Å². The summed E-state index contributed by atoms with van der Waals surface area (Å²) in [5.74, 6) is 0.782. The van der Waals surface area contributed by atoms with E-state index in [-0.39, 0.29) is 5.91 Å². The highest BCUT2D eigenvalue weighted by molar-refractivity contribution is 5.95. The summed E-state index contributed by atoms with van der Waals surface area (Å²) in [4.78, 5) is 25.7. The lowest BCUT2D eigenvalue weighted by molar-refractivity contribution is 0.0745. The molecule has 0 bridgehead atoms. The third-order valence-corrected chi connectivity index (χ3v) is 5.09. The molecule has 144 valence electrons. The van der Waals surface area contributed by atoms with Crippen LogP contribution in [0.1, 0.15) is 28.5 Å². The number of carbonyl (C=O) groups is 1. The quantitative estimate of drug-likeness (QED) is 0.683. The molecule has 1 aromatic carbocycles. The molecule has 1 fully saturated rings. The van der Waals surface area contributed by atoms with Gasteiger partial charge in [0.15, 0.2) is 0 Å². The Balaban J connectivity index is 1.45. The largest absolute Gasteiger partial charge is 0.337 e. The number of rotatable bonds is 5. The zero-order chi connectivity index (χ0) is 19.3. The Labute approximate surface area is 164 Å². The summed E-state index contributed by atoms with van der Waals surface area (Å²) in [6.07, 6.45) is 5.98. The fourth-order valence-corrected chi connectivity index (χ4v) is 3.59. The number of anilines is 1. The molecule has 1 aliphatic rings. The molecule has 28 heavy (non-hydrogen) atoms. The van der Waals surface area contributed by atoms with Crippen molar-refractivity contribution < 1.29 is 4.79 Å². The molecule has 3 aromatic rings. The van der Waals surface area contributed by atoms with Crippen LogP contribution in [0, 0.1) is 0 Å².